The fraction of sp³-hybridized carbons (Fsp3) is 0.200. The molecule has 0 atom stereocenters. The molecule has 0 aliphatic rings. The van der Waals surface area contributed by atoms with Crippen molar-refractivity contribution < 1.29 is 9.53 Å². The first-order valence-corrected chi connectivity index (χ1v) is 6.36. The largest absolute Gasteiger partial charge is 0.493 e. The summed E-state index contributed by atoms with van der Waals surface area (Å²) in [6.45, 7) is 4.23. The van der Waals surface area contributed by atoms with Crippen LogP contribution < -0.4 is 15.8 Å². The summed E-state index contributed by atoms with van der Waals surface area (Å²) in [7, 11) is 0. The highest BCUT2D eigenvalue weighted by Crippen LogP contribution is 2.25. The van der Waals surface area contributed by atoms with Crippen molar-refractivity contribution in [1.29, 1.82) is 0 Å². The number of hydrogen-bond acceptors (Lipinski definition) is 4. The lowest BCUT2D eigenvalue weighted by Gasteiger charge is -2.12. The highest BCUT2D eigenvalue weighted by molar-refractivity contribution is 6.09. The Kier molecular flexibility index (Phi) is 4.20. The molecular weight excluding hydrogens is 254 g/mol. The number of nitrogens with one attached hydrogen (secondary N) is 1. The first kappa shape index (κ1) is 13.9. The fourth-order valence-electron chi connectivity index (χ4n) is 1.88. The molecule has 0 saturated heterocycles. The molecule has 5 heteroatoms. The lowest BCUT2D eigenvalue weighted by molar-refractivity contribution is 0.102. The zero-order valence-electron chi connectivity index (χ0n) is 11.5. The molecule has 3 N–H and O–H groups in total. The predicted molar refractivity (Wildman–Crippen MR) is 79.0 cm³/mol. The Morgan fingerprint density at radius 1 is 1.40 bits per heavy atom. The molecule has 5 nitrogen and oxygen atoms in total. The number of nitrogens with zero attached hydrogens (tertiary/aromatic N) is 1. The Balaban J connectivity index is 2.29. The molecule has 0 fully saturated rings. The smallest absolute Gasteiger partial charge is 0.261 e. The number of nitrogen functional groups attached to an aromatic ring is 1. The zero-order valence-corrected chi connectivity index (χ0v) is 11.5. The molecule has 0 radical (unpaired) electrons. The molecule has 1 heterocycles. The third kappa shape index (κ3) is 3.06. The SMILES string of the molecule is CCOc1cccc(N)c1C(=O)Nc1cncc(C)c1. The number of hydrogen-bond donors (Lipinski definition) is 2. The van der Waals surface area contributed by atoms with Crippen LogP contribution in [0.1, 0.15) is 22.8 Å². The monoisotopic (exact) mass is 271 g/mol. The summed E-state index contributed by atoms with van der Waals surface area (Å²) in [5, 5.41) is 2.78. The van der Waals surface area contributed by atoms with Crippen LogP contribution in [0, 0.1) is 6.92 Å². The van der Waals surface area contributed by atoms with Crippen molar-refractivity contribution in [1.82, 2.24) is 4.98 Å². The van der Waals surface area contributed by atoms with Crippen LogP contribution in [0.25, 0.3) is 0 Å². The number of carbonyl (C=O) groups is 1. The van der Waals surface area contributed by atoms with E-state index in [-0.39, 0.29) is 5.91 Å². The number of ether oxygens (including phenoxy) is 1. The van der Waals surface area contributed by atoms with Gasteiger partial charge in [-0.15, -0.1) is 0 Å². The number of pyridine rings is 1. The minimum atomic E-state index is -0.307. The van der Waals surface area contributed by atoms with Crippen molar-refractivity contribution >= 4 is 17.3 Å². The van der Waals surface area contributed by atoms with E-state index in [2.05, 4.69) is 10.3 Å². The molecule has 0 bridgehead atoms. The molecular formula is C15H17N3O2. The van der Waals surface area contributed by atoms with Crippen LogP contribution in [0.5, 0.6) is 5.75 Å². The van der Waals surface area contributed by atoms with E-state index in [4.69, 9.17) is 10.5 Å². The number of carbonyl (C=O) groups excluding carboxylic acids is 1. The van der Waals surface area contributed by atoms with Crippen molar-refractivity contribution in [3.05, 3.63) is 47.8 Å². The first-order chi connectivity index (χ1) is 9.61. The van der Waals surface area contributed by atoms with Crippen LogP contribution in [0.3, 0.4) is 0 Å². The topological polar surface area (TPSA) is 77.2 Å². The van der Waals surface area contributed by atoms with E-state index < -0.39 is 0 Å². The summed E-state index contributed by atoms with van der Waals surface area (Å²) < 4.78 is 5.44. The lowest BCUT2D eigenvalue weighted by atomic mass is 10.1. The highest BCUT2D eigenvalue weighted by Gasteiger charge is 2.16. The lowest BCUT2D eigenvalue weighted by Crippen LogP contribution is -2.16. The molecule has 2 aromatic rings. The summed E-state index contributed by atoms with van der Waals surface area (Å²) in [4.78, 5) is 16.4. The van der Waals surface area contributed by atoms with Gasteiger partial charge in [0.1, 0.15) is 11.3 Å². The van der Waals surface area contributed by atoms with Gasteiger partial charge in [0.15, 0.2) is 0 Å². The van der Waals surface area contributed by atoms with Crippen molar-refractivity contribution in [3.63, 3.8) is 0 Å². The molecule has 20 heavy (non-hydrogen) atoms. The van der Waals surface area contributed by atoms with Gasteiger partial charge in [-0.05, 0) is 37.6 Å². The summed E-state index contributed by atoms with van der Waals surface area (Å²) in [5.74, 6) is 0.171. The number of anilines is 2. The molecule has 0 unspecified atom stereocenters. The molecule has 2 rings (SSSR count). The maximum atomic E-state index is 12.3. The first-order valence-electron chi connectivity index (χ1n) is 6.36. The average Bonchev–Trinajstić information content (AvgIpc) is 2.39. The quantitative estimate of drug-likeness (QED) is 0.838. The molecule has 1 aromatic heterocycles. The Labute approximate surface area is 117 Å². The van der Waals surface area contributed by atoms with Gasteiger partial charge in [0.05, 0.1) is 18.5 Å². The van der Waals surface area contributed by atoms with E-state index in [1.54, 1.807) is 30.6 Å². The van der Waals surface area contributed by atoms with E-state index in [9.17, 15) is 4.79 Å². The van der Waals surface area contributed by atoms with E-state index in [0.717, 1.165) is 5.56 Å². The van der Waals surface area contributed by atoms with Gasteiger partial charge in [0.2, 0.25) is 0 Å². The minimum Gasteiger partial charge on any atom is -0.493 e. The molecule has 0 spiro atoms. The van der Waals surface area contributed by atoms with E-state index in [1.807, 2.05) is 19.9 Å². The van der Waals surface area contributed by atoms with E-state index >= 15 is 0 Å². The van der Waals surface area contributed by atoms with Crippen LogP contribution in [-0.2, 0) is 0 Å². The Bertz CT molecular complexity index is 626. The van der Waals surface area contributed by atoms with Crippen molar-refractivity contribution in [3.8, 4) is 5.75 Å². The molecule has 0 aliphatic carbocycles. The molecule has 0 saturated carbocycles. The van der Waals surface area contributed by atoms with E-state index in [0.29, 0.717) is 29.3 Å². The average molecular weight is 271 g/mol. The van der Waals surface area contributed by atoms with Crippen LogP contribution in [-0.4, -0.2) is 17.5 Å². The molecule has 0 aliphatic heterocycles. The molecule has 1 aromatic carbocycles. The van der Waals surface area contributed by atoms with Gasteiger partial charge < -0.3 is 15.8 Å². The highest BCUT2D eigenvalue weighted by atomic mass is 16.5. The standard InChI is InChI=1S/C15H17N3O2/c1-3-20-13-6-4-5-12(16)14(13)15(19)18-11-7-10(2)8-17-9-11/h4-9H,3,16H2,1-2H3,(H,18,19). The Morgan fingerprint density at radius 2 is 2.20 bits per heavy atom. The van der Waals surface area contributed by atoms with Crippen LogP contribution >= 0.6 is 0 Å². The fourth-order valence-corrected chi connectivity index (χ4v) is 1.88. The third-order valence-electron chi connectivity index (χ3n) is 2.72. The van der Waals surface area contributed by atoms with Crippen molar-refractivity contribution in [2.24, 2.45) is 0 Å². The van der Waals surface area contributed by atoms with Crippen LogP contribution in [0.2, 0.25) is 0 Å². The number of aryl methyl sites for hydroxylation is 1. The van der Waals surface area contributed by atoms with Gasteiger partial charge in [-0.3, -0.25) is 9.78 Å². The summed E-state index contributed by atoms with van der Waals surface area (Å²) >= 11 is 0. The van der Waals surface area contributed by atoms with Crippen LogP contribution in [0.15, 0.2) is 36.7 Å². The Morgan fingerprint density at radius 3 is 2.90 bits per heavy atom. The van der Waals surface area contributed by atoms with Gasteiger partial charge in [0.25, 0.3) is 5.91 Å². The van der Waals surface area contributed by atoms with Gasteiger partial charge in [-0.2, -0.15) is 0 Å². The van der Waals surface area contributed by atoms with Gasteiger partial charge >= 0.3 is 0 Å². The minimum absolute atomic E-state index is 0.307. The second kappa shape index (κ2) is 6.06. The maximum absolute atomic E-state index is 12.3. The normalized spacial score (nSPS) is 10.1. The number of benzene rings is 1. The van der Waals surface area contributed by atoms with Gasteiger partial charge in [0, 0.05) is 11.9 Å². The second-order valence-electron chi connectivity index (χ2n) is 4.36. The summed E-state index contributed by atoms with van der Waals surface area (Å²) in [5.41, 5.74) is 8.20. The van der Waals surface area contributed by atoms with E-state index in [1.165, 1.54) is 0 Å². The number of amides is 1. The second-order valence-corrected chi connectivity index (χ2v) is 4.36. The predicted octanol–water partition coefficient (Wildman–Crippen LogP) is 2.62. The third-order valence-corrected chi connectivity index (χ3v) is 2.72. The molecule has 1 amide bonds. The number of rotatable bonds is 4. The van der Waals surface area contributed by atoms with Gasteiger partial charge in [-0.1, -0.05) is 6.07 Å². The zero-order chi connectivity index (χ0) is 14.5. The number of aromatic nitrogens is 1. The van der Waals surface area contributed by atoms with Crippen molar-refractivity contribution in [2.75, 3.05) is 17.7 Å². The van der Waals surface area contributed by atoms with Gasteiger partial charge in [-0.25, -0.2) is 0 Å². The van der Waals surface area contributed by atoms with Crippen LogP contribution in [0.4, 0.5) is 11.4 Å². The summed E-state index contributed by atoms with van der Waals surface area (Å²) in [6.07, 6.45) is 3.31. The maximum Gasteiger partial charge on any atom is 0.261 e. The number of nitrogens with two attached hydrogens (primary N) is 1. The Hall–Kier alpha value is -2.56. The molecule has 104 valence electrons. The summed E-state index contributed by atoms with van der Waals surface area (Å²) in [6, 6.07) is 6.99. The van der Waals surface area contributed by atoms with Crippen molar-refractivity contribution in [2.45, 2.75) is 13.8 Å².